The Morgan fingerprint density at radius 1 is 0.914 bits per heavy atom. The Hall–Kier alpha value is -3.98. The molecule has 0 fully saturated rings. The van der Waals surface area contributed by atoms with E-state index in [4.69, 9.17) is 10.8 Å². The fourth-order valence-corrected chi connectivity index (χ4v) is 4.39. The number of rotatable bonds is 12. The lowest BCUT2D eigenvalue weighted by atomic mass is 10.0. The molecule has 3 rings (SSSR count). The van der Waals surface area contributed by atoms with E-state index in [0.29, 0.717) is 6.42 Å². The van der Waals surface area contributed by atoms with Gasteiger partial charge in [-0.2, -0.15) is 0 Å². The molecule has 1 unspecified atom stereocenters. The lowest BCUT2D eigenvalue weighted by molar-refractivity contribution is -0.138. The van der Waals surface area contributed by atoms with Gasteiger partial charge in [-0.15, -0.1) is 11.3 Å². The van der Waals surface area contributed by atoms with Gasteiger partial charge in [-0.05, 0) is 46.5 Å². The largest absolute Gasteiger partial charge is 0.481 e. The van der Waals surface area contributed by atoms with Crippen molar-refractivity contribution in [1.82, 2.24) is 10.6 Å². The predicted octanol–water partition coefficient (Wildman–Crippen LogP) is 2.97. The molecule has 2 aromatic carbocycles. The third-order valence-electron chi connectivity index (χ3n) is 5.32. The van der Waals surface area contributed by atoms with Crippen LogP contribution in [-0.4, -0.2) is 41.4 Å². The first kappa shape index (κ1) is 25.6. The molecule has 0 aliphatic carbocycles. The summed E-state index contributed by atoms with van der Waals surface area (Å²) in [6.45, 7) is -0.387. The molecule has 1 atom stereocenters. The topological polar surface area (TPSA) is 139 Å². The van der Waals surface area contributed by atoms with Crippen molar-refractivity contribution in [1.29, 1.82) is 0 Å². The number of carboxylic acid groups (broad SMARTS) is 1. The van der Waals surface area contributed by atoms with E-state index in [1.54, 1.807) is 11.3 Å². The van der Waals surface area contributed by atoms with Gasteiger partial charge in [-0.1, -0.05) is 54.6 Å². The van der Waals surface area contributed by atoms with Crippen molar-refractivity contribution in [2.24, 2.45) is 5.73 Å². The van der Waals surface area contributed by atoms with E-state index < -0.39 is 23.8 Å². The van der Waals surface area contributed by atoms with Gasteiger partial charge in [0.2, 0.25) is 17.7 Å². The molecule has 0 saturated heterocycles. The second kappa shape index (κ2) is 12.5. The molecule has 182 valence electrons. The highest BCUT2D eigenvalue weighted by atomic mass is 32.1. The Balaban J connectivity index is 1.55. The number of aliphatic carboxylic acids is 1. The Kier molecular flexibility index (Phi) is 9.14. The fraction of sp³-hybridized carbons (Fsp3) is 0.231. The van der Waals surface area contributed by atoms with Crippen LogP contribution in [0.4, 0.5) is 0 Å². The van der Waals surface area contributed by atoms with Crippen LogP contribution in [0, 0.1) is 0 Å². The summed E-state index contributed by atoms with van der Waals surface area (Å²) in [5.74, 6) is -2.85. The molecule has 35 heavy (non-hydrogen) atoms. The lowest BCUT2D eigenvalue weighted by Crippen LogP contribution is -2.48. The molecule has 0 saturated carbocycles. The van der Waals surface area contributed by atoms with Crippen LogP contribution in [0.5, 0.6) is 0 Å². The van der Waals surface area contributed by atoms with Crippen LogP contribution in [0.3, 0.4) is 0 Å². The Morgan fingerprint density at radius 3 is 2.29 bits per heavy atom. The van der Waals surface area contributed by atoms with Gasteiger partial charge in [0, 0.05) is 17.7 Å². The van der Waals surface area contributed by atoms with Gasteiger partial charge in [0.05, 0.1) is 6.54 Å². The van der Waals surface area contributed by atoms with E-state index in [0.717, 1.165) is 16.0 Å². The monoisotopic (exact) mass is 493 g/mol. The van der Waals surface area contributed by atoms with E-state index in [2.05, 4.69) is 34.2 Å². The highest BCUT2D eigenvalue weighted by molar-refractivity contribution is 7.14. The summed E-state index contributed by atoms with van der Waals surface area (Å²) in [6.07, 6.45) is 0.195. The highest BCUT2D eigenvalue weighted by Gasteiger charge is 2.22. The lowest BCUT2D eigenvalue weighted by Gasteiger charge is -2.17. The smallest absolute Gasteiger partial charge is 0.303 e. The van der Waals surface area contributed by atoms with Crippen molar-refractivity contribution in [3.05, 3.63) is 71.6 Å². The number of nitrogens with one attached hydrogen (secondary N) is 2. The minimum absolute atomic E-state index is 0.0911. The summed E-state index contributed by atoms with van der Waals surface area (Å²) < 4.78 is 0. The minimum Gasteiger partial charge on any atom is -0.481 e. The van der Waals surface area contributed by atoms with Crippen LogP contribution in [0.25, 0.3) is 21.6 Å². The van der Waals surface area contributed by atoms with Gasteiger partial charge in [0.15, 0.2) is 0 Å². The van der Waals surface area contributed by atoms with Gasteiger partial charge < -0.3 is 21.5 Å². The van der Waals surface area contributed by atoms with Gasteiger partial charge in [0.25, 0.3) is 0 Å². The van der Waals surface area contributed by atoms with Crippen LogP contribution >= 0.6 is 11.3 Å². The normalized spacial score (nSPS) is 11.4. The number of aryl methyl sites for hydroxylation is 1. The van der Waals surface area contributed by atoms with Crippen molar-refractivity contribution < 1.29 is 24.3 Å². The van der Waals surface area contributed by atoms with Gasteiger partial charge in [-0.3, -0.25) is 19.2 Å². The average molecular weight is 494 g/mol. The Labute approximate surface area is 207 Å². The molecular formula is C26H27N3O5S. The number of thiophene rings is 1. The molecule has 9 heteroatoms. The maximum atomic E-state index is 12.4. The summed E-state index contributed by atoms with van der Waals surface area (Å²) in [5.41, 5.74) is 9.41. The maximum absolute atomic E-state index is 12.4. The average Bonchev–Trinajstić information content (AvgIpc) is 3.35. The van der Waals surface area contributed by atoms with Crippen LogP contribution in [0.1, 0.15) is 24.8 Å². The molecule has 0 aliphatic heterocycles. The molecule has 8 nitrogen and oxygen atoms in total. The number of carbonyl (C=O) groups is 4. The van der Waals surface area contributed by atoms with E-state index >= 15 is 0 Å². The quantitative estimate of drug-likeness (QED) is 0.307. The van der Waals surface area contributed by atoms with Gasteiger partial charge in [-0.25, -0.2) is 0 Å². The number of hydrogen-bond acceptors (Lipinski definition) is 5. The van der Waals surface area contributed by atoms with E-state index in [1.807, 2.05) is 42.5 Å². The van der Waals surface area contributed by atoms with Crippen LogP contribution in [0.2, 0.25) is 0 Å². The third-order valence-corrected chi connectivity index (χ3v) is 6.30. The van der Waals surface area contributed by atoms with Crippen molar-refractivity contribution >= 4 is 35.0 Å². The SMILES string of the molecule is NC(=O)CNC(=O)C(CCC(=O)O)NC(=O)CCc1ccc(-c2cc(-c3ccccc3)cs2)cc1. The molecule has 1 aromatic heterocycles. The molecule has 0 aliphatic rings. The number of carboxylic acids is 1. The third kappa shape index (κ3) is 8.08. The number of amides is 3. The maximum Gasteiger partial charge on any atom is 0.303 e. The first-order valence-corrected chi connectivity index (χ1v) is 12.0. The summed E-state index contributed by atoms with van der Waals surface area (Å²) in [5, 5.41) is 15.9. The standard InChI is InChI=1S/C26H27N3O5S/c27-23(30)15-28-26(34)21(11-13-25(32)33)29-24(31)12-8-17-6-9-19(10-7-17)22-14-20(16-35-22)18-4-2-1-3-5-18/h1-7,9-10,14,16,21H,8,11-13,15H2,(H2,27,30)(H,28,34)(H,29,31)(H,32,33). The molecule has 3 amide bonds. The van der Waals surface area contributed by atoms with Crippen LogP contribution in [0.15, 0.2) is 66.0 Å². The minimum atomic E-state index is -1.09. The summed E-state index contributed by atoms with van der Waals surface area (Å²) in [4.78, 5) is 47.5. The first-order valence-electron chi connectivity index (χ1n) is 11.1. The molecule has 0 bridgehead atoms. The zero-order valence-corrected chi connectivity index (χ0v) is 19.8. The Bertz CT molecular complexity index is 1180. The van der Waals surface area contributed by atoms with Crippen molar-refractivity contribution in [3.8, 4) is 21.6 Å². The fourth-order valence-electron chi connectivity index (χ4n) is 3.46. The second-order valence-corrected chi connectivity index (χ2v) is 8.91. The van der Waals surface area contributed by atoms with Crippen LogP contribution < -0.4 is 16.4 Å². The van der Waals surface area contributed by atoms with Crippen molar-refractivity contribution in [2.75, 3.05) is 6.54 Å². The molecule has 3 aromatic rings. The molecule has 0 radical (unpaired) electrons. The zero-order chi connectivity index (χ0) is 25.2. The van der Waals surface area contributed by atoms with Crippen LogP contribution in [-0.2, 0) is 25.6 Å². The first-order chi connectivity index (χ1) is 16.8. The molecular weight excluding hydrogens is 466 g/mol. The molecule has 5 N–H and O–H groups in total. The predicted molar refractivity (Wildman–Crippen MR) is 135 cm³/mol. The molecule has 1 heterocycles. The van der Waals surface area contributed by atoms with E-state index in [-0.39, 0.29) is 31.7 Å². The summed E-state index contributed by atoms with van der Waals surface area (Å²) >= 11 is 1.67. The number of nitrogens with two attached hydrogens (primary N) is 1. The summed E-state index contributed by atoms with van der Waals surface area (Å²) in [7, 11) is 0. The number of primary amides is 1. The van der Waals surface area contributed by atoms with Gasteiger partial charge >= 0.3 is 5.97 Å². The number of carbonyl (C=O) groups excluding carboxylic acids is 3. The highest BCUT2D eigenvalue weighted by Crippen LogP contribution is 2.32. The Morgan fingerprint density at radius 2 is 1.63 bits per heavy atom. The van der Waals surface area contributed by atoms with Gasteiger partial charge in [0.1, 0.15) is 6.04 Å². The number of hydrogen-bond donors (Lipinski definition) is 4. The van der Waals surface area contributed by atoms with E-state index in [1.165, 1.54) is 11.1 Å². The number of benzene rings is 2. The summed E-state index contributed by atoms with van der Waals surface area (Å²) in [6, 6.07) is 19.2. The van der Waals surface area contributed by atoms with Crippen molar-refractivity contribution in [3.63, 3.8) is 0 Å². The van der Waals surface area contributed by atoms with Crippen molar-refractivity contribution in [2.45, 2.75) is 31.7 Å². The molecule has 0 spiro atoms. The van der Waals surface area contributed by atoms with E-state index in [9.17, 15) is 19.2 Å². The zero-order valence-electron chi connectivity index (χ0n) is 19.0. The second-order valence-electron chi connectivity index (χ2n) is 8.00.